The standard InChI is InChI=1S/C13H9ClF3N5OS/c1-6(19)8(3-18)10(23)5-24-12-21-20-11-9(14)2-7(4-22(11)12)13(15,16)17/h2,4H,5,19H2,1H3. The summed E-state index contributed by atoms with van der Waals surface area (Å²) >= 11 is 6.62. The summed E-state index contributed by atoms with van der Waals surface area (Å²) in [6.45, 7) is 1.41. The van der Waals surface area contributed by atoms with E-state index in [1.807, 2.05) is 0 Å². The van der Waals surface area contributed by atoms with E-state index in [2.05, 4.69) is 10.2 Å². The summed E-state index contributed by atoms with van der Waals surface area (Å²) in [5, 5.41) is 16.1. The maximum atomic E-state index is 12.9. The summed E-state index contributed by atoms with van der Waals surface area (Å²) in [5.41, 5.74) is 4.35. The molecule has 2 aromatic rings. The van der Waals surface area contributed by atoms with Gasteiger partial charge in [-0.2, -0.15) is 18.4 Å². The van der Waals surface area contributed by atoms with Gasteiger partial charge in [0.2, 0.25) is 0 Å². The highest BCUT2D eigenvalue weighted by atomic mass is 35.5. The van der Waals surface area contributed by atoms with Crippen LogP contribution in [0.3, 0.4) is 0 Å². The lowest BCUT2D eigenvalue weighted by atomic mass is 10.2. The Balaban J connectivity index is 2.34. The van der Waals surface area contributed by atoms with Gasteiger partial charge in [-0.3, -0.25) is 9.20 Å². The van der Waals surface area contributed by atoms with Crippen molar-refractivity contribution < 1.29 is 18.0 Å². The monoisotopic (exact) mass is 375 g/mol. The molecule has 0 amide bonds. The molecule has 0 aliphatic carbocycles. The van der Waals surface area contributed by atoms with Crippen molar-refractivity contribution in [1.29, 1.82) is 5.26 Å². The van der Waals surface area contributed by atoms with Crippen LogP contribution in [0.15, 0.2) is 28.7 Å². The molecule has 0 aliphatic heterocycles. The normalized spacial score (nSPS) is 12.8. The predicted octanol–water partition coefficient (Wildman–Crippen LogP) is 2.82. The maximum Gasteiger partial charge on any atom is 0.417 e. The van der Waals surface area contributed by atoms with E-state index in [0.717, 1.165) is 28.4 Å². The van der Waals surface area contributed by atoms with Crippen molar-refractivity contribution in [3.05, 3.63) is 34.1 Å². The summed E-state index contributed by atoms with van der Waals surface area (Å²) in [6.07, 6.45) is -3.80. The van der Waals surface area contributed by atoms with Crippen LogP contribution >= 0.6 is 23.4 Å². The first-order valence-corrected chi connectivity index (χ1v) is 7.65. The average Bonchev–Trinajstić information content (AvgIpc) is 2.88. The van der Waals surface area contributed by atoms with Gasteiger partial charge >= 0.3 is 6.18 Å². The highest BCUT2D eigenvalue weighted by molar-refractivity contribution is 7.99. The van der Waals surface area contributed by atoms with E-state index in [0.29, 0.717) is 0 Å². The quantitative estimate of drug-likeness (QED) is 0.501. The van der Waals surface area contributed by atoms with Crippen LogP contribution in [0.4, 0.5) is 13.2 Å². The number of alkyl halides is 3. The zero-order chi connectivity index (χ0) is 18.1. The molecule has 2 heterocycles. The zero-order valence-corrected chi connectivity index (χ0v) is 13.6. The van der Waals surface area contributed by atoms with Crippen LogP contribution in [0.25, 0.3) is 5.65 Å². The number of carbonyl (C=O) groups is 1. The molecule has 0 saturated carbocycles. The highest BCUT2D eigenvalue weighted by Gasteiger charge is 2.32. The topological polar surface area (TPSA) is 97.1 Å². The zero-order valence-electron chi connectivity index (χ0n) is 12.1. The molecule has 0 atom stereocenters. The lowest BCUT2D eigenvalue weighted by Crippen LogP contribution is -2.11. The lowest BCUT2D eigenvalue weighted by Gasteiger charge is -2.08. The van der Waals surface area contributed by atoms with Crippen molar-refractivity contribution in [2.75, 3.05) is 5.75 Å². The van der Waals surface area contributed by atoms with E-state index >= 15 is 0 Å². The van der Waals surface area contributed by atoms with Gasteiger partial charge in [0.25, 0.3) is 0 Å². The van der Waals surface area contributed by atoms with Gasteiger partial charge in [0.1, 0.15) is 11.6 Å². The van der Waals surface area contributed by atoms with Crippen LogP contribution in [-0.4, -0.2) is 26.1 Å². The van der Waals surface area contributed by atoms with Gasteiger partial charge in [-0.25, -0.2) is 0 Å². The molecule has 0 aliphatic rings. The third kappa shape index (κ3) is 3.63. The Labute approximate surface area is 143 Å². The minimum absolute atomic E-state index is 0.0330. The number of pyridine rings is 1. The maximum absolute atomic E-state index is 12.9. The molecule has 2 rings (SSSR count). The van der Waals surface area contributed by atoms with Gasteiger partial charge in [0.15, 0.2) is 16.6 Å². The number of Topliss-reactive ketones (excluding diaryl/α,β-unsaturated/α-hetero) is 1. The summed E-state index contributed by atoms with van der Waals surface area (Å²) in [4.78, 5) is 11.9. The van der Waals surface area contributed by atoms with Crippen LogP contribution in [-0.2, 0) is 11.0 Å². The van der Waals surface area contributed by atoms with Crippen molar-refractivity contribution in [3.63, 3.8) is 0 Å². The highest BCUT2D eigenvalue weighted by Crippen LogP contribution is 2.33. The first-order chi connectivity index (χ1) is 11.1. The molecule has 2 aromatic heterocycles. The second kappa shape index (κ2) is 6.70. The number of hydrogen-bond acceptors (Lipinski definition) is 6. The van der Waals surface area contributed by atoms with Crippen LogP contribution in [0.2, 0.25) is 5.02 Å². The van der Waals surface area contributed by atoms with Gasteiger partial charge in [-0.15, -0.1) is 10.2 Å². The Bertz CT molecular complexity index is 880. The molecule has 0 bridgehead atoms. The number of ketones is 1. The van der Waals surface area contributed by atoms with Crippen LogP contribution in [0, 0.1) is 11.3 Å². The summed E-state index contributed by atoms with van der Waals surface area (Å²) in [5.74, 6) is -0.788. The van der Waals surface area contributed by atoms with Crippen LogP contribution in [0.1, 0.15) is 12.5 Å². The third-order valence-corrected chi connectivity index (χ3v) is 4.09. The van der Waals surface area contributed by atoms with E-state index in [1.54, 1.807) is 6.07 Å². The third-order valence-electron chi connectivity index (χ3n) is 2.87. The number of rotatable bonds is 4. The molecule has 2 N–H and O–H groups in total. The summed E-state index contributed by atoms with van der Waals surface area (Å²) < 4.78 is 39.6. The number of aromatic nitrogens is 3. The minimum Gasteiger partial charge on any atom is -0.401 e. The van der Waals surface area contributed by atoms with Gasteiger partial charge in [0, 0.05) is 11.9 Å². The SMILES string of the molecule is CC(N)=C(C#N)C(=O)CSc1nnc2c(Cl)cc(C(F)(F)F)cn12. The molecule has 0 aromatic carbocycles. The molecular formula is C13H9ClF3N5OS. The summed E-state index contributed by atoms with van der Waals surface area (Å²) in [7, 11) is 0. The molecule has 126 valence electrons. The molecule has 0 saturated heterocycles. The predicted molar refractivity (Wildman–Crippen MR) is 81.2 cm³/mol. The van der Waals surface area contributed by atoms with E-state index in [9.17, 15) is 18.0 Å². The second-order valence-electron chi connectivity index (χ2n) is 4.63. The van der Waals surface area contributed by atoms with Crippen molar-refractivity contribution in [3.8, 4) is 6.07 Å². The molecule has 0 radical (unpaired) electrons. The first-order valence-electron chi connectivity index (χ1n) is 6.29. The largest absolute Gasteiger partial charge is 0.417 e. The number of nitrogens with zero attached hydrogens (tertiary/aromatic N) is 4. The second-order valence-corrected chi connectivity index (χ2v) is 5.98. The average molecular weight is 376 g/mol. The Morgan fingerprint density at radius 2 is 2.17 bits per heavy atom. The van der Waals surface area contributed by atoms with Crippen LogP contribution in [0.5, 0.6) is 0 Å². The number of carbonyl (C=O) groups excluding carboxylic acids is 1. The number of allylic oxidation sites excluding steroid dienone is 2. The van der Waals surface area contributed by atoms with E-state index < -0.39 is 17.5 Å². The number of hydrogen-bond donors (Lipinski definition) is 1. The van der Waals surface area contributed by atoms with Gasteiger partial charge < -0.3 is 5.73 Å². The molecule has 24 heavy (non-hydrogen) atoms. The molecule has 0 spiro atoms. The number of thioether (sulfide) groups is 1. The number of halogens is 4. The minimum atomic E-state index is -4.59. The van der Waals surface area contributed by atoms with Gasteiger partial charge in [-0.05, 0) is 13.0 Å². The Morgan fingerprint density at radius 1 is 1.50 bits per heavy atom. The van der Waals surface area contributed by atoms with Crippen molar-refractivity contribution in [2.24, 2.45) is 5.73 Å². The number of nitrogens with two attached hydrogens (primary N) is 1. The fraction of sp³-hybridized carbons (Fsp3) is 0.231. The van der Waals surface area contributed by atoms with Crippen molar-refractivity contribution in [2.45, 2.75) is 18.3 Å². The molecular weight excluding hydrogens is 367 g/mol. The van der Waals surface area contributed by atoms with Crippen molar-refractivity contribution >= 4 is 34.8 Å². The molecule has 6 nitrogen and oxygen atoms in total. The molecule has 11 heteroatoms. The van der Waals surface area contributed by atoms with Gasteiger partial charge in [-0.1, -0.05) is 23.4 Å². The lowest BCUT2D eigenvalue weighted by molar-refractivity contribution is -0.137. The molecule has 0 fully saturated rings. The fourth-order valence-corrected chi connectivity index (χ4v) is 2.79. The van der Waals surface area contributed by atoms with E-state index in [4.69, 9.17) is 22.6 Å². The summed E-state index contributed by atoms with van der Waals surface area (Å²) in [6, 6.07) is 2.44. The van der Waals surface area contributed by atoms with Crippen molar-refractivity contribution in [1.82, 2.24) is 14.6 Å². The smallest absolute Gasteiger partial charge is 0.401 e. The Kier molecular flexibility index (Phi) is 5.05. The Hall–Kier alpha value is -2.25. The number of nitriles is 1. The molecule has 0 unspecified atom stereocenters. The van der Waals surface area contributed by atoms with Gasteiger partial charge in [0.05, 0.1) is 16.3 Å². The first kappa shape index (κ1) is 18.1. The Morgan fingerprint density at radius 3 is 2.71 bits per heavy atom. The van der Waals surface area contributed by atoms with E-state index in [1.165, 1.54) is 6.92 Å². The van der Waals surface area contributed by atoms with E-state index in [-0.39, 0.29) is 32.8 Å². The van der Waals surface area contributed by atoms with Crippen LogP contribution < -0.4 is 5.73 Å². The fourth-order valence-electron chi connectivity index (χ4n) is 1.76. The number of fused-ring (bicyclic) bond motifs is 1.